The van der Waals surface area contributed by atoms with Crippen molar-refractivity contribution in [2.75, 3.05) is 44.8 Å². The number of aromatic nitrogens is 1. The lowest BCUT2D eigenvalue weighted by Gasteiger charge is -2.35. The summed E-state index contributed by atoms with van der Waals surface area (Å²) in [6.07, 6.45) is -3.78. The Morgan fingerprint density at radius 1 is 1.15 bits per heavy atom. The van der Waals surface area contributed by atoms with Gasteiger partial charge in [0, 0.05) is 32.4 Å². The molecule has 7 nitrogen and oxygen atoms in total. The van der Waals surface area contributed by atoms with Crippen molar-refractivity contribution in [3.8, 4) is 5.75 Å². The van der Waals surface area contributed by atoms with E-state index in [1.165, 1.54) is 4.90 Å². The van der Waals surface area contributed by atoms with E-state index >= 15 is 0 Å². The smallest absolute Gasteiger partial charge is 0.417 e. The van der Waals surface area contributed by atoms with Gasteiger partial charge in [-0.25, -0.2) is 4.98 Å². The summed E-state index contributed by atoms with van der Waals surface area (Å²) >= 11 is 6.00. The molecule has 1 aliphatic heterocycles. The van der Waals surface area contributed by atoms with Crippen LogP contribution in [0, 0.1) is 6.92 Å². The fourth-order valence-corrected chi connectivity index (χ4v) is 3.70. The van der Waals surface area contributed by atoms with E-state index in [0.29, 0.717) is 37.5 Å². The van der Waals surface area contributed by atoms with E-state index in [1.807, 2.05) is 13.0 Å². The fourth-order valence-electron chi connectivity index (χ4n) is 3.41. The normalized spacial score (nSPS) is 14.2. The number of amides is 1. The minimum atomic E-state index is -4.52. The molecule has 3 rings (SSSR count). The second-order valence-electron chi connectivity index (χ2n) is 7.54. The number of alkyl halides is 3. The summed E-state index contributed by atoms with van der Waals surface area (Å²) in [4.78, 5) is 31.6. The highest BCUT2D eigenvalue weighted by Gasteiger charge is 2.32. The molecule has 0 bridgehead atoms. The zero-order valence-electron chi connectivity index (χ0n) is 18.1. The molecule has 1 aromatic heterocycles. The van der Waals surface area contributed by atoms with Gasteiger partial charge in [-0.05, 0) is 30.2 Å². The first-order chi connectivity index (χ1) is 15.6. The summed E-state index contributed by atoms with van der Waals surface area (Å²) in [5.74, 6) is 0.0122. The van der Waals surface area contributed by atoms with Crippen molar-refractivity contribution < 1.29 is 32.2 Å². The predicted octanol–water partition coefficient (Wildman–Crippen LogP) is 3.51. The first-order valence-corrected chi connectivity index (χ1v) is 10.5. The molecule has 1 saturated heterocycles. The molecule has 0 aliphatic carbocycles. The van der Waals surface area contributed by atoms with E-state index in [4.69, 9.17) is 21.1 Å². The second-order valence-corrected chi connectivity index (χ2v) is 7.94. The lowest BCUT2D eigenvalue weighted by molar-refractivity contribution is -0.151. The summed E-state index contributed by atoms with van der Waals surface area (Å²) < 4.78 is 48.7. The second kappa shape index (κ2) is 10.3. The third-order valence-electron chi connectivity index (χ3n) is 5.26. The average molecular weight is 486 g/mol. The SMILES string of the molecule is COc1cc(CC(=O)OCC(=O)N2CCN(c3ncc(C(F)(F)F)cc3Cl)CC2)ccc1C. The molecule has 1 aliphatic rings. The molecule has 1 aromatic carbocycles. The number of rotatable bonds is 6. The van der Waals surface area contributed by atoms with Crippen LogP contribution in [0.5, 0.6) is 5.75 Å². The van der Waals surface area contributed by atoms with Crippen LogP contribution in [0.15, 0.2) is 30.5 Å². The lowest BCUT2D eigenvalue weighted by atomic mass is 10.1. The van der Waals surface area contributed by atoms with E-state index in [2.05, 4.69) is 4.98 Å². The molecule has 0 spiro atoms. The number of hydrogen-bond acceptors (Lipinski definition) is 6. The fraction of sp³-hybridized carbons (Fsp3) is 0.409. The van der Waals surface area contributed by atoms with Crippen LogP contribution in [0.1, 0.15) is 16.7 Å². The van der Waals surface area contributed by atoms with E-state index in [1.54, 1.807) is 24.1 Å². The summed E-state index contributed by atoms with van der Waals surface area (Å²) in [5.41, 5.74) is 0.733. The van der Waals surface area contributed by atoms with Crippen molar-refractivity contribution in [3.05, 3.63) is 52.2 Å². The van der Waals surface area contributed by atoms with Gasteiger partial charge in [0.2, 0.25) is 0 Å². The number of benzene rings is 1. The number of halogens is 4. The summed E-state index contributed by atoms with van der Waals surface area (Å²) in [6.45, 7) is 2.76. The Kier molecular flexibility index (Phi) is 7.68. The van der Waals surface area contributed by atoms with Gasteiger partial charge in [-0.1, -0.05) is 23.7 Å². The molecular weight excluding hydrogens is 463 g/mol. The van der Waals surface area contributed by atoms with Crippen molar-refractivity contribution in [1.29, 1.82) is 0 Å². The maximum Gasteiger partial charge on any atom is 0.417 e. The van der Waals surface area contributed by atoms with Crippen LogP contribution in [0.25, 0.3) is 0 Å². The van der Waals surface area contributed by atoms with E-state index in [0.717, 1.165) is 17.8 Å². The summed E-state index contributed by atoms with van der Waals surface area (Å²) in [5, 5.41) is -0.105. The Bertz CT molecular complexity index is 1020. The topological polar surface area (TPSA) is 72.0 Å². The van der Waals surface area contributed by atoms with Crippen molar-refractivity contribution >= 4 is 29.3 Å². The molecule has 0 saturated carbocycles. The van der Waals surface area contributed by atoms with Crippen LogP contribution < -0.4 is 9.64 Å². The van der Waals surface area contributed by atoms with Gasteiger partial charge in [0.15, 0.2) is 6.61 Å². The molecule has 178 valence electrons. The number of pyridine rings is 1. The number of piperazine rings is 1. The minimum Gasteiger partial charge on any atom is -0.496 e. The Balaban J connectivity index is 1.48. The van der Waals surface area contributed by atoms with Crippen molar-refractivity contribution in [1.82, 2.24) is 9.88 Å². The van der Waals surface area contributed by atoms with Gasteiger partial charge in [0.1, 0.15) is 11.6 Å². The van der Waals surface area contributed by atoms with Crippen LogP contribution in [0.4, 0.5) is 19.0 Å². The van der Waals surface area contributed by atoms with Gasteiger partial charge < -0.3 is 19.3 Å². The maximum atomic E-state index is 12.8. The monoisotopic (exact) mass is 485 g/mol. The van der Waals surface area contributed by atoms with Crippen molar-refractivity contribution in [3.63, 3.8) is 0 Å². The zero-order chi connectivity index (χ0) is 24.2. The first-order valence-electron chi connectivity index (χ1n) is 10.1. The highest BCUT2D eigenvalue weighted by Crippen LogP contribution is 2.33. The first kappa shape index (κ1) is 24.6. The summed E-state index contributed by atoms with van der Waals surface area (Å²) in [7, 11) is 1.55. The number of hydrogen-bond donors (Lipinski definition) is 0. The van der Waals surface area contributed by atoms with Gasteiger partial charge in [-0.3, -0.25) is 9.59 Å². The van der Waals surface area contributed by atoms with Crippen molar-refractivity contribution in [2.24, 2.45) is 0 Å². The molecule has 0 N–H and O–H groups in total. The molecule has 2 heterocycles. The Morgan fingerprint density at radius 2 is 1.85 bits per heavy atom. The van der Waals surface area contributed by atoms with E-state index in [9.17, 15) is 22.8 Å². The molecule has 11 heteroatoms. The van der Waals surface area contributed by atoms with Gasteiger partial charge in [0.05, 0.1) is 24.1 Å². The number of aryl methyl sites for hydroxylation is 1. The highest BCUT2D eigenvalue weighted by atomic mass is 35.5. The predicted molar refractivity (Wildman–Crippen MR) is 115 cm³/mol. The molecule has 1 fully saturated rings. The molecule has 0 radical (unpaired) electrons. The Morgan fingerprint density at radius 3 is 2.45 bits per heavy atom. The van der Waals surface area contributed by atoms with Crippen LogP contribution >= 0.6 is 11.6 Å². The molecule has 2 aromatic rings. The van der Waals surface area contributed by atoms with Gasteiger partial charge in [0.25, 0.3) is 5.91 Å². The maximum absolute atomic E-state index is 12.8. The van der Waals surface area contributed by atoms with Crippen LogP contribution in [-0.4, -0.2) is 61.7 Å². The number of carbonyl (C=O) groups is 2. The van der Waals surface area contributed by atoms with Gasteiger partial charge >= 0.3 is 12.1 Å². The number of nitrogens with zero attached hydrogens (tertiary/aromatic N) is 3. The average Bonchev–Trinajstić information content (AvgIpc) is 2.78. The Labute approximate surface area is 194 Å². The molecule has 33 heavy (non-hydrogen) atoms. The van der Waals surface area contributed by atoms with Crippen LogP contribution in [-0.2, 0) is 26.9 Å². The number of methoxy groups -OCH3 is 1. The Hall–Kier alpha value is -3.01. The van der Waals surface area contributed by atoms with E-state index in [-0.39, 0.29) is 29.8 Å². The molecular formula is C22H23ClF3N3O4. The lowest BCUT2D eigenvalue weighted by Crippen LogP contribution is -2.50. The van der Waals surface area contributed by atoms with Crippen LogP contribution in [0.2, 0.25) is 5.02 Å². The minimum absolute atomic E-state index is 0.00971. The highest BCUT2D eigenvalue weighted by molar-refractivity contribution is 6.33. The third-order valence-corrected chi connectivity index (χ3v) is 5.54. The van der Waals surface area contributed by atoms with Gasteiger partial charge in [-0.15, -0.1) is 0 Å². The molecule has 0 unspecified atom stereocenters. The van der Waals surface area contributed by atoms with Crippen LogP contribution in [0.3, 0.4) is 0 Å². The zero-order valence-corrected chi connectivity index (χ0v) is 18.9. The number of carbonyl (C=O) groups excluding carboxylic acids is 2. The van der Waals surface area contributed by atoms with Crippen molar-refractivity contribution in [2.45, 2.75) is 19.5 Å². The number of anilines is 1. The molecule has 1 amide bonds. The standard InChI is InChI=1S/C22H23ClF3N3O4/c1-14-3-4-15(9-18(14)32-2)10-20(31)33-13-19(30)28-5-7-29(8-6-28)21-17(23)11-16(12-27-21)22(24,25)26/h3-4,9,11-12H,5-8,10,13H2,1-2H3. The number of ether oxygens (including phenoxy) is 2. The quantitative estimate of drug-likeness (QED) is 0.583. The van der Waals surface area contributed by atoms with Gasteiger partial charge in [-0.2, -0.15) is 13.2 Å². The third kappa shape index (κ3) is 6.28. The van der Waals surface area contributed by atoms with E-state index < -0.39 is 17.7 Å². The summed E-state index contributed by atoms with van der Waals surface area (Å²) in [6, 6.07) is 6.22. The molecule has 0 atom stereocenters. The largest absolute Gasteiger partial charge is 0.496 e. The number of esters is 1.